The molecular weight excluding hydrogens is 514 g/mol. The van der Waals surface area contributed by atoms with Gasteiger partial charge in [-0.2, -0.15) is 0 Å². The average molecular weight is 552 g/mol. The average Bonchev–Trinajstić information content (AvgIpc) is 2.82. The third kappa shape index (κ3) is 8.51. The standard InChI is InChI=1S/C17H27NO8.C14H10/c1-16(2)7-9(8-17(3,4)18-16)26-13(21)6-11(15(24)25)10(14(22)23)5-12(19)20;1-2-6-12-10-14-8-4-3-7-13(14)9-11(12)5-1/h9-11,18H,5-8H2,1-4H3,(H,19,20)(H,22,23)(H,24,25);1-10H. The monoisotopic (exact) mass is 551 g/mol. The second-order valence-electron chi connectivity index (χ2n) is 11.7. The van der Waals surface area contributed by atoms with E-state index in [0.29, 0.717) is 12.8 Å². The molecule has 9 nitrogen and oxygen atoms in total. The number of piperidine rings is 1. The predicted octanol–water partition coefficient (Wildman–Crippen LogP) is 5.10. The number of ether oxygens (including phenoxy) is 1. The summed E-state index contributed by atoms with van der Waals surface area (Å²) in [5.41, 5.74) is -0.572. The second-order valence-corrected chi connectivity index (χ2v) is 11.7. The number of nitrogens with one attached hydrogen (secondary N) is 1. The van der Waals surface area contributed by atoms with Crippen LogP contribution in [0.5, 0.6) is 0 Å². The van der Waals surface area contributed by atoms with Crippen LogP contribution in [-0.2, 0) is 23.9 Å². The summed E-state index contributed by atoms with van der Waals surface area (Å²) in [6, 6.07) is 21.4. The molecule has 1 aliphatic rings. The first-order chi connectivity index (χ1) is 18.7. The van der Waals surface area contributed by atoms with E-state index in [1.54, 1.807) is 0 Å². The quantitative estimate of drug-likeness (QED) is 0.221. The summed E-state index contributed by atoms with van der Waals surface area (Å²) in [4.78, 5) is 45.6. The third-order valence-corrected chi connectivity index (χ3v) is 6.97. The zero-order chi connectivity index (χ0) is 29.7. The Kier molecular flexibility index (Phi) is 9.52. The molecule has 9 heteroatoms. The minimum atomic E-state index is -1.71. The Bertz CT molecular complexity index is 1280. The maximum Gasteiger partial charge on any atom is 0.307 e. The minimum Gasteiger partial charge on any atom is -0.481 e. The Labute approximate surface area is 233 Å². The lowest BCUT2D eigenvalue weighted by Gasteiger charge is -2.46. The van der Waals surface area contributed by atoms with E-state index in [1.165, 1.54) is 21.5 Å². The van der Waals surface area contributed by atoms with Crippen molar-refractivity contribution < 1.29 is 39.2 Å². The van der Waals surface area contributed by atoms with Crippen LogP contribution in [0.1, 0.15) is 53.4 Å². The summed E-state index contributed by atoms with van der Waals surface area (Å²) in [5.74, 6) is -8.78. The maximum atomic E-state index is 12.2. The van der Waals surface area contributed by atoms with Crippen LogP contribution in [0.3, 0.4) is 0 Å². The van der Waals surface area contributed by atoms with Crippen LogP contribution >= 0.6 is 0 Å². The largest absolute Gasteiger partial charge is 0.481 e. The molecule has 0 spiro atoms. The first kappa shape index (κ1) is 30.6. The van der Waals surface area contributed by atoms with Gasteiger partial charge in [0.25, 0.3) is 0 Å². The zero-order valence-electron chi connectivity index (χ0n) is 23.2. The molecule has 214 valence electrons. The van der Waals surface area contributed by atoms with E-state index < -0.39 is 54.7 Å². The van der Waals surface area contributed by atoms with Gasteiger partial charge in [0.05, 0.1) is 24.7 Å². The fourth-order valence-electron chi connectivity index (χ4n) is 5.60. The second kappa shape index (κ2) is 12.5. The predicted molar refractivity (Wildman–Crippen MR) is 151 cm³/mol. The molecule has 2 atom stereocenters. The molecule has 1 aliphatic heterocycles. The van der Waals surface area contributed by atoms with Crippen LogP contribution in [0.25, 0.3) is 21.5 Å². The summed E-state index contributed by atoms with van der Waals surface area (Å²) in [6.07, 6.45) is -0.961. The van der Waals surface area contributed by atoms with Gasteiger partial charge in [0.15, 0.2) is 0 Å². The van der Waals surface area contributed by atoms with Gasteiger partial charge in [-0.05, 0) is 61.4 Å². The van der Waals surface area contributed by atoms with Crippen molar-refractivity contribution in [2.75, 3.05) is 0 Å². The van der Waals surface area contributed by atoms with Crippen molar-refractivity contribution >= 4 is 45.4 Å². The van der Waals surface area contributed by atoms with Gasteiger partial charge in [0.1, 0.15) is 6.10 Å². The Morgan fingerprint density at radius 3 is 1.48 bits per heavy atom. The number of aliphatic carboxylic acids is 3. The van der Waals surface area contributed by atoms with E-state index in [0.717, 1.165) is 0 Å². The molecule has 4 N–H and O–H groups in total. The van der Waals surface area contributed by atoms with E-state index >= 15 is 0 Å². The fraction of sp³-hybridized carbons (Fsp3) is 0.419. The number of carboxylic acid groups (broad SMARTS) is 3. The van der Waals surface area contributed by atoms with Crippen LogP contribution in [-0.4, -0.2) is 56.4 Å². The first-order valence-corrected chi connectivity index (χ1v) is 13.2. The lowest BCUT2D eigenvalue weighted by Crippen LogP contribution is -2.59. The maximum absolute atomic E-state index is 12.2. The summed E-state index contributed by atoms with van der Waals surface area (Å²) in [7, 11) is 0. The normalized spacial score (nSPS) is 17.7. The van der Waals surface area contributed by atoms with Gasteiger partial charge in [0, 0.05) is 23.9 Å². The van der Waals surface area contributed by atoms with E-state index in [9.17, 15) is 24.3 Å². The van der Waals surface area contributed by atoms with Crippen LogP contribution < -0.4 is 5.32 Å². The number of esters is 1. The molecule has 3 aromatic carbocycles. The topological polar surface area (TPSA) is 150 Å². The number of carboxylic acids is 3. The molecule has 0 aliphatic carbocycles. The van der Waals surface area contributed by atoms with E-state index in [2.05, 4.69) is 66.0 Å². The molecule has 0 bridgehead atoms. The molecule has 0 amide bonds. The highest BCUT2D eigenvalue weighted by Gasteiger charge is 2.41. The molecule has 4 rings (SSSR count). The van der Waals surface area contributed by atoms with Gasteiger partial charge in [0.2, 0.25) is 0 Å². The third-order valence-electron chi connectivity index (χ3n) is 6.97. The highest BCUT2D eigenvalue weighted by molar-refractivity contribution is 5.98. The number of carbonyl (C=O) groups excluding carboxylic acids is 1. The Morgan fingerprint density at radius 1 is 0.750 bits per heavy atom. The van der Waals surface area contributed by atoms with E-state index in [4.69, 9.17) is 14.9 Å². The number of hydrogen-bond donors (Lipinski definition) is 4. The van der Waals surface area contributed by atoms with Crippen molar-refractivity contribution in [1.29, 1.82) is 0 Å². The molecule has 2 unspecified atom stereocenters. The zero-order valence-corrected chi connectivity index (χ0v) is 23.2. The van der Waals surface area contributed by atoms with Crippen LogP contribution in [0, 0.1) is 11.8 Å². The van der Waals surface area contributed by atoms with Crippen LogP contribution in [0.15, 0.2) is 60.7 Å². The summed E-state index contributed by atoms with van der Waals surface area (Å²) in [6.45, 7) is 7.84. The number of rotatable bonds is 8. The van der Waals surface area contributed by atoms with Gasteiger partial charge < -0.3 is 25.4 Å². The highest BCUT2D eigenvalue weighted by Crippen LogP contribution is 2.31. The van der Waals surface area contributed by atoms with E-state index in [-0.39, 0.29) is 11.1 Å². The van der Waals surface area contributed by atoms with Gasteiger partial charge in [-0.1, -0.05) is 48.5 Å². The van der Waals surface area contributed by atoms with Crippen molar-refractivity contribution in [3.8, 4) is 0 Å². The molecular formula is C31H37NO8. The summed E-state index contributed by atoms with van der Waals surface area (Å²) in [5, 5.41) is 35.8. The van der Waals surface area contributed by atoms with Crippen molar-refractivity contribution in [2.24, 2.45) is 11.8 Å². The first-order valence-electron chi connectivity index (χ1n) is 13.2. The van der Waals surface area contributed by atoms with E-state index in [1.807, 2.05) is 27.7 Å². The Hall–Kier alpha value is -3.98. The minimum absolute atomic E-state index is 0.286. The summed E-state index contributed by atoms with van der Waals surface area (Å²) < 4.78 is 5.40. The lowest BCUT2D eigenvalue weighted by molar-refractivity contribution is -0.164. The molecule has 0 radical (unpaired) electrons. The molecule has 1 saturated heterocycles. The number of benzene rings is 3. The molecule has 40 heavy (non-hydrogen) atoms. The molecule has 0 saturated carbocycles. The van der Waals surface area contributed by atoms with Crippen molar-refractivity contribution in [1.82, 2.24) is 5.32 Å². The summed E-state index contributed by atoms with van der Waals surface area (Å²) >= 11 is 0. The lowest BCUT2D eigenvalue weighted by atomic mass is 9.81. The molecule has 1 heterocycles. The molecule has 0 aromatic heterocycles. The fourth-order valence-corrected chi connectivity index (χ4v) is 5.60. The van der Waals surface area contributed by atoms with Crippen molar-refractivity contribution in [3.05, 3.63) is 60.7 Å². The van der Waals surface area contributed by atoms with Crippen molar-refractivity contribution in [2.45, 2.75) is 70.6 Å². The Balaban J connectivity index is 0.000000260. The Morgan fingerprint density at radius 2 is 1.12 bits per heavy atom. The molecule has 1 fully saturated rings. The van der Waals surface area contributed by atoms with Gasteiger partial charge >= 0.3 is 23.9 Å². The number of fused-ring (bicyclic) bond motifs is 2. The van der Waals surface area contributed by atoms with Gasteiger partial charge in [-0.3, -0.25) is 19.2 Å². The number of hydrogen-bond acceptors (Lipinski definition) is 6. The van der Waals surface area contributed by atoms with Gasteiger partial charge in [-0.15, -0.1) is 0 Å². The molecule has 3 aromatic rings. The SMILES string of the molecule is CC1(C)CC(OC(=O)CC(C(=O)O)C(CC(=O)O)C(=O)O)CC(C)(C)N1.c1ccc2cc3ccccc3cc2c1. The van der Waals surface area contributed by atoms with Gasteiger partial charge in [-0.25, -0.2) is 0 Å². The van der Waals surface area contributed by atoms with Crippen LogP contribution in [0.4, 0.5) is 0 Å². The number of carbonyl (C=O) groups is 4. The van der Waals surface area contributed by atoms with Crippen molar-refractivity contribution in [3.63, 3.8) is 0 Å². The smallest absolute Gasteiger partial charge is 0.307 e. The van der Waals surface area contributed by atoms with Crippen LogP contribution in [0.2, 0.25) is 0 Å². The highest BCUT2D eigenvalue weighted by atomic mass is 16.5.